The van der Waals surface area contributed by atoms with Gasteiger partial charge in [0, 0.05) is 5.39 Å². The number of nitrogens with one attached hydrogen (secondary N) is 1. The van der Waals surface area contributed by atoms with Crippen LogP contribution in [0.1, 0.15) is 42.3 Å². The minimum Gasteiger partial charge on any atom is -0.459 e. The highest BCUT2D eigenvalue weighted by atomic mass is 32.2. The molecule has 0 aliphatic rings. The minimum absolute atomic E-state index is 0.117. The summed E-state index contributed by atoms with van der Waals surface area (Å²) in [5.41, 5.74) is 4.15. The fourth-order valence-corrected chi connectivity index (χ4v) is 4.75. The van der Waals surface area contributed by atoms with Crippen LogP contribution in [0.5, 0.6) is 0 Å². The molecule has 3 rings (SSSR count). The lowest BCUT2D eigenvalue weighted by molar-refractivity contribution is 0.396. The van der Waals surface area contributed by atoms with Crippen molar-refractivity contribution < 1.29 is 8.63 Å². The summed E-state index contributed by atoms with van der Waals surface area (Å²) in [4.78, 5) is 0.868. The van der Waals surface area contributed by atoms with E-state index < -0.39 is 11.0 Å². The third kappa shape index (κ3) is 3.70. The van der Waals surface area contributed by atoms with Gasteiger partial charge in [0.25, 0.3) is 0 Å². The summed E-state index contributed by atoms with van der Waals surface area (Å²) in [6, 6.07) is 14.0. The molecule has 0 fully saturated rings. The molecular formula is C21H25NO2S. The van der Waals surface area contributed by atoms with Crippen molar-refractivity contribution in [1.29, 1.82) is 0 Å². The van der Waals surface area contributed by atoms with Gasteiger partial charge in [-0.05, 0) is 49.9 Å². The van der Waals surface area contributed by atoms with Gasteiger partial charge in [-0.25, -0.2) is 8.93 Å². The average molecular weight is 356 g/mol. The fraction of sp³-hybridized carbons (Fsp3) is 0.333. The van der Waals surface area contributed by atoms with Crippen molar-refractivity contribution in [2.45, 2.75) is 45.6 Å². The highest BCUT2D eigenvalue weighted by Crippen LogP contribution is 2.30. The summed E-state index contributed by atoms with van der Waals surface area (Å²) >= 11 is 0. The number of rotatable bonds is 5. The predicted molar refractivity (Wildman–Crippen MR) is 104 cm³/mol. The Kier molecular flexibility index (Phi) is 5.11. The Labute approximate surface area is 152 Å². The number of hydrogen-bond acceptors (Lipinski definition) is 2. The normalized spacial score (nSPS) is 14.2. The Morgan fingerprint density at radius 3 is 2.24 bits per heavy atom. The highest BCUT2D eigenvalue weighted by Gasteiger charge is 2.24. The first kappa shape index (κ1) is 17.9. The number of benzene rings is 2. The number of hydrogen-bond donors (Lipinski definition) is 1. The van der Waals surface area contributed by atoms with Crippen molar-refractivity contribution in [3.05, 3.63) is 64.9 Å². The molecule has 4 heteroatoms. The van der Waals surface area contributed by atoms with Crippen LogP contribution < -0.4 is 4.72 Å². The monoisotopic (exact) mass is 355 g/mol. The molecular weight excluding hydrogens is 330 g/mol. The van der Waals surface area contributed by atoms with Crippen molar-refractivity contribution in [1.82, 2.24) is 4.72 Å². The lowest BCUT2D eigenvalue weighted by atomic mass is 10.0. The van der Waals surface area contributed by atoms with Crippen molar-refractivity contribution in [2.24, 2.45) is 5.92 Å². The largest absolute Gasteiger partial charge is 0.459 e. The molecule has 132 valence electrons. The first-order valence-electron chi connectivity index (χ1n) is 8.61. The van der Waals surface area contributed by atoms with Gasteiger partial charge in [0.1, 0.15) is 22.3 Å². The molecule has 0 spiro atoms. The lowest BCUT2D eigenvalue weighted by Crippen LogP contribution is -2.28. The maximum absolute atomic E-state index is 13.1. The van der Waals surface area contributed by atoms with E-state index in [9.17, 15) is 4.21 Å². The van der Waals surface area contributed by atoms with Crippen molar-refractivity contribution >= 4 is 22.0 Å². The van der Waals surface area contributed by atoms with Gasteiger partial charge in [0.15, 0.2) is 0 Å². The molecule has 0 saturated carbocycles. The van der Waals surface area contributed by atoms with Crippen LogP contribution in [0.25, 0.3) is 11.0 Å². The zero-order chi connectivity index (χ0) is 18.1. The van der Waals surface area contributed by atoms with Gasteiger partial charge in [-0.2, -0.15) is 0 Å². The van der Waals surface area contributed by atoms with E-state index in [2.05, 4.69) is 37.6 Å². The van der Waals surface area contributed by atoms with Gasteiger partial charge in [-0.15, -0.1) is 0 Å². The third-order valence-corrected chi connectivity index (χ3v) is 5.92. The summed E-state index contributed by atoms with van der Waals surface area (Å²) in [5.74, 6) is 1.07. The van der Waals surface area contributed by atoms with Crippen LogP contribution in [-0.4, -0.2) is 4.21 Å². The topological polar surface area (TPSA) is 42.2 Å². The Morgan fingerprint density at radius 1 is 1.00 bits per heavy atom. The molecule has 0 radical (unpaired) electrons. The fourth-order valence-electron chi connectivity index (χ4n) is 3.31. The standard InChI is InChI=1S/C21H25NO2S/c1-13(2)20(19-12-17-8-6-7-9-18(17)24-19)22-25(23)21-15(4)10-14(3)11-16(21)5/h6-13,20,22H,1-5H3/t20-,25-/m0/s1. The van der Waals surface area contributed by atoms with Crippen LogP contribution in [-0.2, 0) is 11.0 Å². The zero-order valence-electron chi connectivity index (χ0n) is 15.4. The zero-order valence-corrected chi connectivity index (χ0v) is 16.2. The van der Waals surface area contributed by atoms with E-state index in [1.54, 1.807) is 0 Å². The van der Waals surface area contributed by atoms with E-state index in [1.165, 1.54) is 5.56 Å². The summed E-state index contributed by atoms with van der Waals surface area (Å²) in [5, 5.41) is 1.07. The number of fused-ring (bicyclic) bond motifs is 1. The molecule has 0 amide bonds. The van der Waals surface area contributed by atoms with E-state index in [0.29, 0.717) is 0 Å². The Balaban J connectivity index is 1.93. The van der Waals surface area contributed by atoms with E-state index in [-0.39, 0.29) is 12.0 Å². The van der Waals surface area contributed by atoms with Crippen LogP contribution in [0.2, 0.25) is 0 Å². The van der Waals surface area contributed by atoms with Gasteiger partial charge in [-0.1, -0.05) is 49.7 Å². The van der Waals surface area contributed by atoms with Gasteiger partial charge < -0.3 is 4.42 Å². The average Bonchev–Trinajstić information content (AvgIpc) is 2.94. The van der Waals surface area contributed by atoms with Crippen LogP contribution in [0.4, 0.5) is 0 Å². The number of para-hydroxylation sites is 1. The smallest absolute Gasteiger partial charge is 0.134 e. The molecule has 2 aromatic carbocycles. The maximum Gasteiger partial charge on any atom is 0.134 e. The molecule has 1 heterocycles. The van der Waals surface area contributed by atoms with Gasteiger partial charge >= 0.3 is 0 Å². The molecule has 0 aliphatic carbocycles. The lowest BCUT2D eigenvalue weighted by Gasteiger charge is -2.21. The summed E-state index contributed by atoms with van der Waals surface area (Å²) < 4.78 is 22.4. The summed E-state index contributed by atoms with van der Waals surface area (Å²) in [6.07, 6.45) is 0. The first-order valence-corrected chi connectivity index (χ1v) is 9.76. The Bertz CT molecular complexity index is 871. The second kappa shape index (κ2) is 7.14. The molecule has 0 saturated heterocycles. The molecule has 1 N–H and O–H groups in total. The van der Waals surface area contributed by atoms with Crippen molar-refractivity contribution in [3.8, 4) is 0 Å². The van der Waals surface area contributed by atoms with Crippen LogP contribution in [0, 0.1) is 26.7 Å². The second-order valence-corrected chi connectivity index (χ2v) is 8.20. The molecule has 0 unspecified atom stereocenters. The van der Waals surface area contributed by atoms with Crippen LogP contribution >= 0.6 is 0 Å². The van der Waals surface area contributed by atoms with Gasteiger partial charge in [0.05, 0.1) is 10.9 Å². The number of aryl methyl sites for hydroxylation is 3. The molecule has 1 aromatic heterocycles. The van der Waals surface area contributed by atoms with Crippen LogP contribution in [0.3, 0.4) is 0 Å². The molecule has 0 aliphatic heterocycles. The van der Waals surface area contributed by atoms with Crippen LogP contribution in [0.15, 0.2) is 51.8 Å². The third-order valence-electron chi connectivity index (χ3n) is 4.44. The number of furan rings is 1. The van der Waals surface area contributed by atoms with E-state index >= 15 is 0 Å². The molecule has 0 bridgehead atoms. The van der Waals surface area contributed by atoms with E-state index in [1.807, 2.05) is 44.2 Å². The molecule has 2 atom stereocenters. The first-order chi connectivity index (χ1) is 11.9. The summed E-state index contributed by atoms with van der Waals surface area (Å²) in [7, 11) is -1.30. The Morgan fingerprint density at radius 2 is 1.64 bits per heavy atom. The van der Waals surface area contributed by atoms with Gasteiger partial charge in [0.2, 0.25) is 0 Å². The van der Waals surface area contributed by atoms with Crippen molar-refractivity contribution in [2.75, 3.05) is 0 Å². The predicted octanol–water partition coefficient (Wildman–Crippen LogP) is 5.37. The van der Waals surface area contributed by atoms with E-state index in [0.717, 1.165) is 32.8 Å². The van der Waals surface area contributed by atoms with E-state index in [4.69, 9.17) is 4.42 Å². The Hall–Kier alpha value is -1.91. The minimum atomic E-state index is -1.30. The highest BCUT2D eigenvalue weighted by molar-refractivity contribution is 7.83. The quantitative estimate of drug-likeness (QED) is 0.669. The SMILES string of the molecule is Cc1cc(C)c([S@](=O)N[C@H](c2cc3ccccc3o2)C(C)C)c(C)c1. The second-order valence-electron chi connectivity index (χ2n) is 7.02. The molecule has 3 nitrogen and oxygen atoms in total. The maximum atomic E-state index is 13.1. The molecule has 25 heavy (non-hydrogen) atoms. The van der Waals surface area contributed by atoms with Gasteiger partial charge in [-0.3, -0.25) is 0 Å². The molecule has 3 aromatic rings. The summed E-state index contributed by atoms with van der Waals surface area (Å²) in [6.45, 7) is 10.3. The van der Waals surface area contributed by atoms with Crippen molar-refractivity contribution in [3.63, 3.8) is 0 Å².